The number of alkyl halides is 3. The SMILES string of the molecule is Nc1cc(F)ccc1NCCC(F)(F)F. The van der Waals surface area contributed by atoms with E-state index in [1.807, 2.05) is 0 Å². The summed E-state index contributed by atoms with van der Waals surface area (Å²) >= 11 is 0. The molecule has 0 saturated carbocycles. The number of hydrogen-bond acceptors (Lipinski definition) is 2. The Balaban J connectivity index is 2.51. The molecule has 0 heterocycles. The summed E-state index contributed by atoms with van der Waals surface area (Å²) in [5.74, 6) is -0.520. The molecule has 0 aliphatic rings. The standard InChI is InChI=1S/C9H10F4N2/c10-6-1-2-8(7(14)5-6)15-4-3-9(11,12)13/h1-2,5,15H,3-4,14H2. The normalized spacial score (nSPS) is 11.5. The van der Waals surface area contributed by atoms with Crippen molar-refractivity contribution in [2.24, 2.45) is 0 Å². The van der Waals surface area contributed by atoms with Crippen LogP contribution in [0.5, 0.6) is 0 Å². The van der Waals surface area contributed by atoms with Crippen LogP contribution in [-0.2, 0) is 0 Å². The number of halogens is 4. The number of anilines is 2. The maximum Gasteiger partial charge on any atom is 0.390 e. The zero-order chi connectivity index (χ0) is 11.5. The summed E-state index contributed by atoms with van der Waals surface area (Å²) in [7, 11) is 0. The van der Waals surface area contributed by atoms with Gasteiger partial charge in [0.05, 0.1) is 17.8 Å². The highest BCUT2D eigenvalue weighted by atomic mass is 19.4. The van der Waals surface area contributed by atoms with E-state index in [-0.39, 0.29) is 12.2 Å². The Morgan fingerprint density at radius 2 is 1.93 bits per heavy atom. The van der Waals surface area contributed by atoms with Gasteiger partial charge in [0.15, 0.2) is 0 Å². The van der Waals surface area contributed by atoms with Gasteiger partial charge in [0.1, 0.15) is 5.82 Å². The average Bonchev–Trinajstić information content (AvgIpc) is 2.07. The van der Waals surface area contributed by atoms with Crippen LogP contribution in [0.15, 0.2) is 18.2 Å². The van der Waals surface area contributed by atoms with Gasteiger partial charge in [-0.15, -0.1) is 0 Å². The van der Waals surface area contributed by atoms with Crippen LogP contribution < -0.4 is 11.1 Å². The van der Waals surface area contributed by atoms with Gasteiger partial charge in [-0.25, -0.2) is 4.39 Å². The Hall–Kier alpha value is -1.46. The maximum atomic E-state index is 12.6. The van der Waals surface area contributed by atoms with Crippen molar-refractivity contribution in [3.63, 3.8) is 0 Å². The van der Waals surface area contributed by atoms with E-state index in [2.05, 4.69) is 5.32 Å². The van der Waals surface area contributed by atoms with Crippen molar-refractivity contribution < 1.29 is 17.6 Å². The molecule has 6 heteroatoms. The largest absolute Gasteiger partial charge is 0.397 e. The molecule has 0 atom stereocenters. The van der Waals surface area contributed by atoms with Crippen molar-refractivity contribution in [2.45, 2.75) is 12.6 Å². The van der Waals surface area contributed by atoms with Gasteiger partial charge >= 0.3 is 6.18 Å². The number of rotatable bonds is 3. The third-order valence-electron chi connectivity index (χ3n) is 1.74. The van der Waals surface area contributed by atoms with Crippen LogP contribution in [0.2, 0.25) is 0 Å². The Kier molecular flexibility index (Phi) is 3.39. The first-order chi connectivity index (χ1) is 6.88. The van der Waals surface area contributed by atoms with Crippen LogP contribution in [-0.4, -0.2) is 12.7 Å². The van der Waals surface area contributed by atoms with Crippen molar-refractivity contribution in [1.29, 1.82) is 0 Å². The molecule has 0 amide bonds. The summed E-state index contributed by atoms with van der Waals surface area (Å²) in [6.07, 6.45) is -5.16. The monoisotopic (exact) mass is 222 g/mol. The highest BCUT2D eigenvalue weighted by Gasteiger charge is 2.26. The van der Waals surface area contributed by atoms with Gasteiger partial charge in [0.2, 0.25) is 0 Å². The van der Waals surface area contributed by atoms with E-state index in [1.165, 1.54) is 6.07 Å². The minimum atomic E-state index is -4.21. The lowest BCUT2D eigenvalue weighted by atomic mass is 10.2. The van der Waals surface area contributed by atoms with Crippen LogP contribution in [0.1, 0.15) is 6.42 Å². The van der Waals surface area contributed by atoms with Gasteiger partial charge in [-0.05, 0) is 18.2 Å². The molecular weight excluding hydrogens is 212 g/mol. The van der Waals surface area contributed by atoms with Gasteiger partial charge in [0.25, 0.3) is 0 Å². The molecule has 0 aliphatic carbocycles. The van der Waals surface area contributed by atoms with E-state index >= 15 is 0 Å². The molecule has 15 heavy (non-hydrogen) atoms. The van der Waals surface area contributed by atoms with E-state index in [0.717, 1.165) is 12.1 Å². The molecule has 1 aromatic carbocycles. The molecule has 0 unspecified atom stereocenters. The molecule has 0 fully saturated rings. The summed E-state index contributed by atoms with van der Waals surface area (Å²) in [6.45, 7) is -0.278. The molecule has 0 aromatic heterocycles. The number of nitrogen functional groups attached to an aromatic ring is 1. The van der Waals surface area contributed by atoms with Gasteiger partial charge in [0, 0.05) is 6.54 Å². The fourth-order valence-electron chi connectivity index (χ4n) is 1.03. The van der Waals surface area contributed by atoms with Crippen molar-refractivity contribution in [3.8, 4) is 0 Å². The molecule has 0 spiro atoms. The Morgan fingerprint density at radius 3 is 2.47 bits per heavy atom. The Morgan fingerprint density at radius 1 is 1.27 bits per heavy atom. The van der Waals surface area contributed by atoms with Crippen LogP contribution in [0.25, 0.3) is 0 Å². The summed E-state index contributed by atoms with van der Waals surface area (Å²) in [6, 6.07) is 3.49. The molecular formula is C9H10F4N2. The fourth-order valence-corrected chi connectivity index (χ4v) is 1.03. The highest BCUT2D eigenvalue weighted by molar-refractivity contribution is 5.65. The van der Waals surface area contributed by atoms with Crippen LogP contribution in [0.4, 0.5) is 28.9 Å². The lowest BCUT2D eigenvalue weighted by Gasteiger charge is -2.10. The molecule has 84 valence electrons. The first-order valence-electron chi connectivity index (χ1n) is 4.24. The third kappa shape index (κ3) is 4.05. The highest BCUT2D eigenvalue weighted by Crippen LogP contribution is 2.22. The maximum absolute atomic E-state index is 12.6. The van der Waals surface area contributed by atoms with Crippen molar-refractivity contribution >= 4 is 11.4 Å². The first kappa shape index (κ1) is 11.6. The minimum absolute atomic E-state index is 0.0946. The lowest BCUT2D eigenvalue weighted by molar-refractivity contribution is -0.131. The van der Waals surface area contributed by atoms with Crippen LogP contribution >= 0.6 is 0 Å². The fraction of sp³-hybridized carbons (Fsp3) is 0.333. The van der Waals surface area contributed by atoms with E-state index < -0.39 is 18.4 Å². The average molecular weight is 222 g/mol. The number of benzene rings is 1. The molecule has 3 N–H and O–H groups in total. The Bertz CT molecular complexity index is 335. The summed E-state index contributed by atoms with van der Waals surface area (Å²) in [5.41, 5.74) is 5.79. The van der Waals surface area contributed by atoms with Gasteiger partial charge in [-0.2, -0.15) is 13.2 Å². The van der Waals surface area contributed by atoms with Gasteiger partial charge in [-0.3, -0.25) is 0 Å². The second-order valence-corrected chi connectivity index (χ2v) is 3.02. The molecule has 1 rings (SSSR count). The molecule has 1 aromatic rings. The molecule has 0 aliphatic heterocycles. The quantitative estimate of drug-likeness (QED) is 0.609. The zero-order valence-corrected chi connectivity index (χ0v) is 7.74. The summed E-state index contributed by atoms with van der Waals surface area (Å²) in [4.78, 5) is 0. The molecule has 0 radical (unpaired) electrons. The van der Waals surface area contributed by atoms with Gasteiger partial charge < -0.3 is 11.1 Å². The van der Waals surface area contributed by atoms with E-state index in [9.17, 15) is 17.6 Å². The number of hydrogen-bond donors (Lipinski definition) is 2. The third-order valence-corrected chi connectivity index (χ3v) is 1.74. The van der Waals surface area contributed by atoms with Crippen molar-refractivity contribution in [2.75, 3.05) is 17.6 Å². The zero-order valence-electron chi connectivity index (χ0n) is 7.74. The van der Waals surface area contributed by atoms with Crippen LogP contribution in [0, 0.1) is 5.82 Å². The predicted molar refractivity (Wildman–Crippen MR) is 50.0 cm³/mol. The first-order valence-corrected chi connectivity index (χ1v) is 4.24. The second kappa shape index (κ2) is 4.37. The number of nitrogens with one attached hydrogen (secondary N) is 1. The van der Waals surface area contributed by atoms with E-state index in [4.69, 9.17) is 5.73 Å². The van der Waals surface area contributed by atoms with Crippen LogP contribution in [0.3, 0.4) is 0 Å². The predicted octanol–water partition coefficient (Wildman–Crippen LogP) is 2.77. The van der Waals surface area contributed by atoms with Crippen molar-refractivity contribution in [1.82, 2.24) is 0 Å². The lowest BCUT2D eigenvalue weighted by Crippen LogP contribution is -2.15. The van der Waals surface area contributed by atoms with Crippen molar-refractivity contribution in [3.05, 3.63) is 24.0 Å². The summed E-state index contributed by atoms with van der Waals surface area (Å²) < 4.78 is 47.9. The molecule has 0 bridgehead atoms. The summed E-state index contributed by atoms with van der Waals surface area (Å²) in [5, 5.41) is 2.49. The molecule has 2 nitrogen and oxygen atoms in total. The van der Waals surface area contributed by atoms with E-state index in [0.29, 0.717) is 5.69 Å². The topological polar surface area (TPSA) is 38.0 Å². The van der Waals surface area contributed by atoms with Gasteiger partial charge in [-0.1, -0.05) is 0 Å². The van der Waals surface area contributed by atoms with E-state index in [1.54, 1.807) is 0 Å². The number of nitrogens with two attached hydrogens (primary N) is 1. The molecule has 0 saturated heterocycles. The minimum Gasteiger partial charge on any atom is -0.397 e. The Labute approximate surface area is 84.1 Å². The second-order valence-electron chi connectivity index (χ2n) is 3.02. The smallest absolute Gasteiger partial charge is 0.390 e.